The number of ether oxygens (including phenoxy) is 1. The predicted octanol–water partition coefficient (Wildman–Crippen LogP) is 1.28. The van der Waals surface area contributed by atoms with E-state index in [1.54, 1.807) is 0 Å². The largest absolute Gasteiger partial charge is 0.454 e. The minimum Gasteiger partial charge on any atom is -0.454 e. The summed E-state index contributed by atoms with van der Waals surface area (Å²) in [5.74, 6) is -3.96. The van der Waals surface area contributed by atoms with E-state index in [0.717, 1.165) is 16.4 Å². The molecule has 0 saturated carbocycles. The second-order valence-electron chi connectivity index (χ2n) is 7.29. The Bertz CT molecular complexity index is 1370. The number of sulfonamides is 1. The highest BCUT2D eigenvalue weighted by Gasteiger charge is 2.42. The highest BCUT2D eigenvalue weighted by Crippen LogP contribution is 2.30. The lowest BCUT2D eigenvalue weighted by molar-refractivity contribution is -0.385. The van der Waals surface area contributed by atoms with Crippen LogP contribution in [-0.2, 0) is 24.3 Å². The van der Waals surface area contributed by atoms with Crippen molar-refractivity contribution in [3.05, 3.63) is 62.7 Å². The van der Waals surface area contributed by atoms with Gasteiger partial charge >= 0.3 is 5.97 Å². The number of nitro groups is 1. The van der Waals surface area contributed by atoms with Gasteiger partial charge in [0.05, 0.1) is 26.1 Å². The zero-order valence-electron chi connectivity index (χ0n) is 18.2. The molecule has 0 saturated heterocycles. The molecule has 1 N–H and O–H groups in total. The molecule has 0 spiro atoms. The number of carbonyl (C=O) groups is 4. The van der Waals surface area contributed by atoms with E-state index in [2.05, 4.69) is 5.32 Å². The minimum absolute atomic E-state index is 0.0231. The van der Waals surface area contributed by atoms with E-state index < -0.39 is 63.0 Å². The number of rotatable bonds is 8. The van der Waals surface area contributed by atoms with E-state index in [1.807, 2.05) is 0 Å². The first-order chi connectivity index (χ1) is 16.3. The normalized spacial score (nSPS) is 13.1. The third kappa shape index (κ3) is 5.13. The topological polar surface area (TPSA) is 173 Å². The molecule has 0 fully saturated rings. The van der Waals surface area contributed by atoms with Crippen molar-refractivity contribution in [2.24, 2.45) is 0 Å². The van der Waals surface area contributed by atoms with Crippen LogP contribution in [-0.4, -0.2) is 73.5 Å². The molecule has 0 aliphatic carbocycles. The van der Waals surface area contributed by atoms with Crippen LogP contribution in [0.3, 0.4) is 0 Å². The number of anilines is 1. The first-order valence-corrected chi connectivity index (χ1v) is 11.5. The monoisotopic (exact) mass is 524 g/mol. The molecule has 35 heavy (non-hydrogen) atoms. The number of halogens is 1. The lowest BCUT2D eigenvalue weighted by Crippen LogP contribution is -2.36. The number of fused-ring (bicyclic) bond motifs is 1. The Morgan fingerprint density at radius 1 is 1.17 bits per heavy atom. The Morgan fingerprint density at radius 3 is 2.49 bits per heavy atom. The van der Waals surface area contributed by atoms with Crippen LogP contribution in [0.1, 0.15) is 20.7 Å². The minimum atomic E-state index is -3.81. The Morgan fingerprint density at radius 2 is 1.86 bits per heavy atom. The molecule has 0 radical (unpaired) electrons. The number of imide groups is 1. The fourth-order valence-electron chi connectivity index (χ4n) is 3.09. The van der Waals surface area contributed by atoms with Crippen molar-refractivity contribution in [2.45, 2.75) is 4.90 Å². The SMILES string of the molecule is CN(C)S(=O)(=O)c1ccc(Cl)c(NC(=O)COC(=O)CN2C(=O)c3cccc([N+](=O)[O-])c3C2=O)c1. The lowest BCUT2D eigenvalue weighted by atomic mass is 10.1. The number of hydrogen-bond donors (Lipinski definition) is 1. The summed E-state index contributed by atoms with van der Waals surface area (Å²) in [7, 11) is -1.15. The number of carbonyl (C=O) groups excluding carboxylic acids is 4. The number of nitrogens with one attached hydrogen (secondary N) is 1. The number of esters is 1. The lowest BCUT2D eigenvalue weighted by Gasteiger charge is -2.14. The van der Waals surface area contributed by atoms with Gasteiger partial charge in [0.2, 0.25) is 10.0 Å². The quantitative estimate of drug-likeness (QED) is 0.231. The number of benzene rings is 2. The van der Waals surface area contributed by atoms with E-state index in [9.17, 15) is 37.7 Å². The molecule has 0 bridgehead atoms. The summed E-state index contributed by atoms with van der Waals surface area (Å²) in [6.45, 7) is -1.72. The zero-order valence-corrected chi connectivity index (χ0v) is 19.8. The summed E-state index contributed by atoms with van der Waals surface area (Å²) in [4.78, 5) is 59.9. The Balaban J connectivity index is 1.64. The van der Waals surface area contributed by atoms with Gasteiger partial charge in [-0.15, -0.1) is 0 Å². The molecule has 0 aromatic heterocycles. The highest BCUT2D eigenvalue weighted by molar-refractivity contribution is 7.89. The molecule has 13 nitrogen and oxygen atoms in total. The standard InChI is InChI=1S/C20H17ClN4O9S/c1-23(2)35(32,33)11-6-7-13(21)14(8-11)22-16(26)10-34-17(27)9-24-19(28)12-4-3-5-15(25(30)31)18(12)20(24)29/h3-8H,9-10H2,1-2H3,(H,22,26). The van der Waals surface area contributed by atoms with Gasteiger partial charge in [-0.1, -0.05) is 17.7 Å². The van der Waals surface area contributed by atoms with Crippen molar-refractivity contribution in [1.29, 1.82) is 0 Å². The van der Waals surface area contributed by atoms with Crippen molar-refractivity contribution in [3.8, 4) is 0 Å². The molecule has 1 aliphatic rings. The Labute approximate surface area is 203 Å². The molecule has 1 aliphatic heterocycles. The maximum absolute atomic E-state index is 12.5. The Kier molecular flexibility index (Phi) is 7.19. The molecule has 3 amide bonds. The van der Waals surface area contributed by atoms with Crippen LogP contribution >= 0.6 is 11.6 Å². The van der Waals surface area contributed by atoms with Gasteiger partial charge in [-0.25, -0.2) is 12.7 Å². The third-order valence-corrected chi connectivity index (χ3v) is 6.96. The van der Waals surface area contributed by atoms with E-state index >= 15 is 0 Å². The second kappa shape index (κ2) is 9.77. The van der Waals surface area contributed by atoms with E-state index in [1.165, 1.54) is 38.4 Å². The van der Waals surface area contributed by atoms with E-state index in [-0.39, 0.29) is 21.2 Å². The van der Waals surface area contributed by atoms with Crippen LogP contribution in [0.4, 0.5) is 11.4 Å². The van der Waals surface area contributed by atoms with Gasteiger partial charge in [0.15, 0.2) is 6.61 Å². The summed E-state index contributed by atoms with van der Waals surface area (Å²) in [6.07, 6.45) is 0. The molecule has 2 aromatic rings. The van der Waals surface area contributed by atoms with Gasteiger partial charge in [0.1, 0.15) is 12.1 Å². The summed E-state index contributed by atoms with van der Waals surface area (Å²) in [6, 6.07) is 7.15. The number of hydrogen-bond acceptors (Lipinski definition) is 9. The molecule has 0 unspecified atom stereocenters. The Hall–Kier alpha value is -3.88. The molecule has 2 aromatic carbocycles. The average Bonchev–Trinajstić information content (AvgIpc) is 3.03. The molecule has 3 rings (SSSR count). The average molecular weight is 525 g/mol. The zero-order chi connectivity index (χ0) is 26.1. The molecule has 1 heterocycles. The van der Waals surface area contributed by atoms with E-state index in [0.29, 0.717) is 4.90 Å². The predicted molar refractivity (Wildman–Crippen MR) is 120 cm³/mol. The first kappa shape index (κ1) is 25.7. The fourth-order valence-corrected chi connectivity index (χ4v) is 4.18. The van der Waals surface area contributed by atoms with Crippen molar-refractivity contribution in [2.75, 3.05) is 32.6 Å². The van der Waals surface area contributed by atoms with Gasteiger partial charge in [0.25, 0.3) is 23.4 Å². The first-order valence-electron chi connectivity index (χ1n) is 9.65. The summed E-state index contributed by atoms with van der Waals surface area (Å²) < 4.78 is 30.3. The van der Waals surface area contributed by atoms with Gasteiger partial charge in [-0.3, -0.25) is 34.2 Å². The molecule has 0 atom stereocenters. The third-order valence-electron chi connectivity index (χ3n) is 4.82. The van der Waals surface area contributed by atoms with Gasteiger partial charge in [0, 0.05) is 20.2 Å². The molecular formula is C20H17ClN4O9S. The van der Waals surface area contributed by atoms with Crippen LogP contribution in [0.2, 0.25) is 5.02 Å². The van der Waals surface area contributed by atoms with E-state index in [4.69, 9.17) is 16.3 Å². The number of amides is 3. The smallest absolute Gasteiger partial charge is 0.326 e. The van der Waals surface area contributed by atoms with Crippen LogP contribution in [0.5, 0.6) is 0 Å². The summed E-state index contributed by atoms with van der Waals surface area (Å²) >= 11 is 6.00. The van der Waals surface area contributed by atoms with Gasteiger partial charge < -0.3 is 10.1 Å². The maximum atomic E-state index is 12.5. The van der Waals surface area contributed by atoms with Crippen LogP contribution in [0.15, 0.2) is 41.3 Å². The van der Waals surface area contributed by atoms with Gasteiger partial charge in [-0.2, -0.15) is 0 Å². The van der Waals surface area contributed by atoms with Crippen LogP contribution in [0.25, 0.3) is 0 Å². The van der Waals surface area contributed by atoms with Crippen LogP contribution in [0, 0.1) is 10.1 Å². The fraction of sp³-hybridized carbons (Fsp3) is 0.200. The number of nitro benzene ring substituents is 1. The summed E-state index contributed by atoms with van der Waals surface area (Å²) in [5, 5.41) is 13.5. The summed E-state index contributed by atoms with van der Waals surface area (Å²) in [5.41, 5.74) is -1.29. The highest BCUT2D eigenvalue weighted by atomic mass is 35.5. The second-order valence-corrected chi connectivity index (χ2v) is 9.85. The molecule has 15 heteroatoms. The maximum Gasteiger partial charge on any atom is 0.326 e. The van der Waals surface area contributed by atoms with Gasteiger partial charge in [-0.05, 0) is 24.3 Å². The molecule has 184 valence electrons. The van der Waals surface area contributed by atoms with Crippen molar-refractivity contribution in [3.63, 3.8) is 0 Å². The number of nitrogens with zero attached hydrogens (tertiary/aromatic N) is 3. The van der Waals surface area contributed by atoms with Crippen molar-refractivity contribution in [1.82, 2.24) is 9.21 Å². The van der Waals surface area contributed by atoms with Crippen molar-refractivity contribution < 1.29 is 37.3 Å². The molecular weight excluding hydrogens is 508 g/mol. The van der Waals surface area contributed by atoms with Crippen LogP contribution < -0.4 is 5.32 Å². The van der Waals surface area contributed by atoms with Crippen molar-refractivity contribution >= 4 is 56.7 Å².